The normalized spacial score (nSPS) is 24.7. The average molecular weight is 211 g/mol. The van der Waals surface area contributed by atoms with Crippen LogP contribution in [0.5, 0.6) is 0 Å². The fourth-order valence-corrected chi connectivity index (χ4v) is 1.46. The summed E-state index contributed by atoms with van der Waals surface area (Å²) in [5.74, 6) is -1.49. The maximum absolute atomic E-state index is 11.4. The molecule has 82 valence electrons. The van der Waals surface area contributed by atoms with E-state index in [0.717, 1.165) is 0 Å². The SMILES string of the molecule is CC1(O)CCN(C(=O)C(=O)NCC#N)C1. The lowest BCUT2D eigenvalue weighted by molar-refractivity contribution is -0.145. The van der Waals surface area contributed by atoms with E-state index in [9.17, 15) is 14.7 Å². The van der Waals surface area contributed by atoms with Crippen LogP contribution >= 0.6 is 0 Å². The van der Waals surface area contributed by atoms with Crippen molar-refractivity contribution < 1.29 is 14.7 Å². The van der Waals surface area contributed by atoms with Gasteiger partial charge in [-0.05, 0) is 13.3 Å². The number of likely N-dealkylation sites (tertiary alicyclic amines) is 1. The van der Waals surface area contributed by atoms with E-state index in [0.29, 0.717) is 13.0 Å². The van der Waals surface area contributed by atoms with Gasteiger partial charge >= 0.3 is 11.8 Å². The second-order valence-electron chi connectivity index (χ2n) is 3.81. The summed E-state index contributed by atoms with van der Waals surface area (Å²) in [5, 5.41) is 20.0. The van der Waals surface area contributed by atoms with Gasteiger partial charge < -0.3 is 15.3 Å². The Morgan fingerprint density at radius 1 is 1.67 bits per heavy atom. The van der Waals surface area contributed by atoms with Gasteiger partial charge in [-0.3, -0.25) is 9.59 Å². The molecular weight excluding hydrogens is 198 g/mol. The van der Waals surface area contributed by atoms with E-state index < -0.39 is 17.4 Å². The van der Waals surface area contributed by atoms with Crippen molar-refractivity contribution in [2.24, 2.45) is 0 Å². The first kappa shape index (κ1) is 11.5. The number of β-amino-alcohol motifs (C(OH)–C–C–N with tert-alkyl or cyclic N) is 1. The highest BCUT2D eigenvalue weighted by Crippen LogP contribution is 2.19. The highest BCUT2D eigenvalue weighted by molar-refractivity contribution is 6.35. The maximum atomic E-state index is 11.4. The molecule has 1 fully saturated rings. The van der Waals surface area contributed by atoms with Gasteiger partial charge in [0.05, 0.1) is 11.7 Å². The molecule has 1 aliphatic heterocycles. The van der Waals surface area contributed by atoms with E-state index in [1.165, 1.54) is 4.90 Å². The molecule has 1 rings (SSSR count). The topological polar surface area (TPSA) is 93.4 Å². The average Bonchev–Trinajstić information content (AvgIpc) is 2.54. The summed E-state index contributed by atoms with van der Waals surface area (Å²) < 4.78 is 0. The van der Waals surface area contributed by atoms with Crippen molar-refractivity contribution in [2.75, 3.05) is 19.6 Å². The molecule has 2 amide bonds. The second kappa shape index (κ2) is 4.28. The third-order valence-electron chi connectivity index (χ3n) is 2.26. The molecule has 0 bridgehead atoms. The van der Waals surface area contributed by atoms with Gasteiger partial charge in [0, 0.05) is 13.1 Å². The monoisotopic (exact) mass is 211 g/mol. The predicted molar refractivity (Wildman–Crippen MR) is 50.4 cm³/mol. The van der Waals surface area contributed by atoms with Gasteiger partial charge in [-0.15, -0.1) is 0 Å². The largest absolute Gasteiger partial charge is 0.388 e. The van der Waals surface area contributed by atoms with Gasteiger partial charge in [0.25, 0.3) is 0 Å². The number of nitrogens with one attached hydrogen (secondary N) is 1. The van der Waals surface area contributed by atoms with Crippen molar-refractivity contribution in [3.63, 3.8) is 0 Å². The van der Waals surface area contributed by atoms with Crippen molar-refractivity contribution in [3.05, 3.63) is 0 Å². The van der Waals surface area contributed by atoms with E-state index in [4.69, 9.17) is 5.26 Å². The minimum Gasteiger partial charge on any atom is -0.388 e. The zero-order valence-corrected chi connectivity index (χ0v) is 8.49. The van der Waals surface area contributed by atoms with Crippen molar-refractivity contribution >= 4 is 11.8 Å². The van der Waals surface area contributed by atoms with Gasteiger partial charge in [0.15, 0.2) is 0 Å². The Labute approximate surface area is 87.5 Å². The minimum atomic E-state index is -0.912. The Kier molecular flexibility index (Phi) is 3.27. The van der Waals surface area contributed by atoms with Crippen molar-refractivity contribution in [1.29, 1.82) is 5.26 Å². The molecule has 0 aromatic rings. The van der Waals surface area contributed by atoms with Crippen LogP contribution in [0.2, 0.25) is 0 Å². The van der Waals surface area contributed by atoms with Crippen LogP contribution in [0.4, 0.5) is 0 Å². The van der Waals surface area contributed by atoms with Crippen LogP contribution in [0.3, 0.4) is 0 Å². The van der Waals surface area contributed by atoms with E-state index >= 15 is 0 Å². The van der Waals surface area contributed by atoms with Crippen LogP contribution in [0.15, 0.2) is 0 Å². The molecule has 1 aliphatic rings. The first-order valence-corrected chi connectivity index (χ1v) is 4.63. The summed E-state index contributed by atoms with van der Waals surface area (Å²) >= 11 is 0. The molecular formula is C9H13N3O3. The summed E-state index contributed by atoms with van der Waals surface area (Å²) in [7, 11) is 0. The van der Waals surface area contributed by atoms with Crippen LogP contribution in [-0.4, -0.2) is 47.1 Å². The summed E-state index contributed by atoms with van der Waals surface area (Å²) in [4.78, 5) is 23.9. The Bertz CT molecular complexity index is 319. The second-order valence-corrected chi connectivity index (χ2v) is 3.81. The molecule has 0 aromatic heterocycles. The molecule has 1 unspecified atom stereocenters. The van der Waals surface area contributed by atoms with Gasteiger partial charge in [-0.1, -0.05) is 0 Å². The third-order valence-corrected chi connectivity index (χ3v) is 2.26. The van der Waals surface area contributed by atoms with Crippen molar-refractivity contribution in [3.8, 4) is 6.07 Å². The minimum absolute atomic E-state index is 0.159. The molecule has 6 nitrogen and oxygen atoms in total. The molecule has 1 atom stereocenters. The van der Waals surface area contributed by atoms with Crippen molar-refractivity contribution in [2.45, 2.75) is 18.9 Å². The number of carbonyl (C=O) groups is 2. The Balaban J connectivity index is 2.49. The van der Waals surface area contributed by atoms with E-state index in [-0.39, 0.29) is 13.1 Å². The summed E-state index contributed by atoms with van der Waals surface area (Å²) in [6.07, 6.45) is 0.463. The fraction of sp³-hybridized carbons (Fsp3) is 0.667. The van der Waals surface area contributed by atoms with Crippen LogP contribution in [0.25, 0.3) is 0 Å². The number of hydrogen-bond donors (Lipinski definition) is 2. The first-order valence-electron chi connectivity index (χ1n) is 4.63. The number of rotatable bonds is 1. The zero-order valence-electron chi connectivity index (χ0n) is 8.49. The first-order chi connectivity index (χ1) is 6.96. The lowest BCUT2D eigenvalue weighted by atomic mass is 10.1. The van der Waals surface area contributed by atoms with E-state index in [1.807, 2.05) is 0 Å². The summed E-state index contributed by atoms with van der Waals surface area (Å²) in [6.45, 7) is 1.96. The van der Waals surface area contributed by atoms with Crippen LogP contribution in [0.1, 0.15) is 13.3 Å². The highest BCUT2D eigenvalue weighted by atomic mass is 16.3. The summed E-state index contributed by atoms with van der Waals surface area (Å²) in [6, 6.07) is 1.71. The number of nitriles is 1. The molecule has 1 saturated heterocycles. The zero-order chi connectivity index (χ0) is 11.5. The number of nitrogens with zero attached hydrogens (tertiary/aromatic N) is 2. The molecule has 6 heteroatoms. The van der Waals surface area contributed by atoms with E-state index in [2.05, 4.69) is 5.32 Å². The van der Waals surface area contributed by atoms with Crippen LogP contribution < -0.4 is 5.32 Å². The Hall–Kier alpha value is -1.61. The van der Waals surface area contributed by atoms with Crippen LogP contribution in [-0.2, 0) is 9.59 Å². The number of hydrogen-bond acceptors (Lipinski definition) is 4. The molecule has 1 heterocycles. The van der Waals surface area contributed by atoms with Gasteiger partial charge in [-0.2, -0.15) is 5.26 Å². The third kappa shape index (κ3) is 2.92. The smallest absolute Gasteiger partial charge is 0.312 e. The number of aliphatic hydroxyl groups is 1. The Morgan fingerprint density at radius 3 is 2.80 bits per heavy atom. The van der Waals surface area contributed by atoms with Crippen LogP contribution in [0, 0.1) is 11.3 Å². The quantitative estimate of drug-likeness (QED) is 0.412. The molecule has 0 saturated carbocycles. The van der Waals surface area contributed by atoms with E-state index in [1.54, 1.807) is 13.0 Å². The molecule has 0 aliphatic carbocycles. The van der Waals surface area contributed by atoms with Gasteiger partial charge in [-0.25, -0.2) is 0 Å². The Morgan fingerprint density at radius 2 is 2.33 bits per heavy atom. The lowest BCUT2D eigenvalue weighted by Gasteiger charge is -2.18. The number of carbonyl (C=O) groups excluding carboxylic acids is 2. The lowest BCUT2D eigenvalue weighted by Crippen LogP contribution is -2.43. The fourth-order valence-electron chi connectivity index (χ4n) is 1.46. The van der Waals surface area contributed by atoms with Crippen molar-refractivity contribution in [1.82, 2.24) is 10.2 Å². The molecule has 2 N–H and O–H groups in total. The number of amides is 2. The molecule has 0 radical (unpaired) electrons. The molecule has 15 heavy (non-hydrogen) atoms. The van der Waals surface area contributed by atoms with Gasteiger partial charge in [0.1, 0.15) is 6.54 Å². The van der Waals surface area contributed by atoms with Gasteiger partial charge in [0.2, 0.25) is 0 Å². The summed E-state index contributed by atoms with van der Waals surface area (Å²) in [5.41, 5.74) is -0.912. The predicted octanol–water partition coefficient (Wildman–Crippen LogP) is -1.39. The molecule has 0 spiro atoms. The maximum Gasteiger partial charge on any atom is 0.312 e. The standard InChI is InChI=1S/C9H13N3O3/c1-9(15)2-5-12(6-9)8(14)7(13)11-4-3-10/h15H,2,4-6H2,1H3,(H,11,13). The highest BCUT2D eigenvalue weighted by Gasteiger charge is 2.36. The molecule has 0 aromatic carbocycles.